The van der Waals surface area contributed by atoms with Crippen LogP contribution in [0.4, 0.5) is 5.82 Å². The average Bonchev–Trinajstić information content (AvgIpc) is 2.87. The van der Waals surface area contributed by atoms with Crippen molar-refractivity contribution in [3.63, 3.8) is 0 Å². The maximum atomic E-state index is 6.03. The number of hydrogen-bond acceptors (Lipinski definition) is 5. The van der Waals surface area contributed by atoms with Gasteiger partial charge in [-0.25, -0.2) is 9.97 Å². The zero-order valence-corrected chi connectivity index (χ0v) is 11.8. The van der Waals surface area contributed by atoms with Crippen molar-refractivity contribution in [2.24, 2.45) is 0 Å². The van der Waals surface area contributed by atoms with Crippen LogP contribution in [0.5, 0.6) is 5.75 Å². The van der Waals surface area contributed by atoms with Crippen LogP contribution in [-0.4, -0.2) is 17.1 Å². The summed E-state index contributed by atoms with van der Waals surface area (Å²) in [5.41, 5.74) is 10.2. The number of rotatable bonds is 2. The molecule has 4 nitrogen and oxygen atoms in total. The van der Waals surface area contributed by atoms with E-state index in [1.54, 1.807) is 7.11 Å². The Morgan fingerprint density at radius 3 is 2.89 bits per heavy atom. The molecule has 2 aromatic rings. The number of benzene rings is 1. The number of hydrogen-bond donors (Lipinski definition) is 1. The smallest absolute Gasteiger partial charge is 0.165 e. The fourth-order valence-corrected chi connectivity index (χ4v) is 3.23. The molecule has 0 saturated heterocycles. The standard InChI is InChI=1S/C14H15N3OS/c1-8-3-4-9(12(5-8)18-2)14-16-11-7-19-6-10(11)13(15)17-14/h3-5H,6-7H2,1-2H3,(H2,15,16,17). The lowest BCUT2D eigenvalue weighted by Crippen LogP contribution is -2.03. The van der Waals surface area contributed by atoms with Gasteiger partial charge in [-0.2, -0.15) is 11.8 Å². The second-order valence-corrected chi connectivity index (χ2v) is 5.54. The number of thioether (sulfide) groups is 1. The van der Waals surface area contributed by atoms with Gasteiger partial charge in [0.05, 0.1) is 18.4 Å². The van der Waals surface area contributed by atoms with E-state index < -0.39 is 0 Å². The van der Waals surface area contributed by atoms with Crippen LogP contribution in [0.25, 0.3) is 11.4 Å². The van der Waals surface area contributed by atoms with E-state index in [4.69, 9.17) is 10.5 Å². The Bertz CT molecular complexity index is 643. The molecule has 0 saturated carbocycles. The molecule has 1 aliphatic rings. The molecular weight excluding hydrogens is 258 g/mol. The summed E-state index contributed by atoms with van der Waals surface area (Å²) in [4.78, 5) is 9.06. The maximum Gasteiger partial charge on any atom is 0.165 e. The molecular formula is C14H15N3OS. The third-order valence-corrected chi connectivity index (χ3v) is 4.18. The van der Waals surface area contributed by atoms with Gasteiger partial charge in [0.25, 0.3) is 0 Å². The zero-order chi connectivity index (χ0) is 13.4. The summed E-state index contributed by atoms with van der Waals surface area (Å²) in [6, 6.07) is 5.99. The van der Waals surface area contributed by atoms with Gasteiger partial charge in [0.2, 0.25) is 0 Å². The van der Waals surface area contributed by atoms with E-state index in [0.717, 1.165) is 39.6 Å². The summed E-state index contributed by atoms with van der Waals surface area (Å²) in [6.45, 7) is 2.03. The molecule has 0 atom stereocenters. The Morgan fingerprint density at radius 2 is 2.11 bits per heavy atom. The minimum Gasteiger partial charge on any atom is -0.496 e. The quantitative estimate of drug-likeness (QED) is 0.911. The van der Waals surface area contributed by atoms with Gasteiger partial charge in [0.1, 0.15) is 11.6 Å². The van der Waals surface area contributed by atoms with Crippen LogP contribution < -0.4 is 10.5 Å². The van der Waals surface area contributed by atoms with Crippen molar-refractivity contribution in [1.82, 2.24) is 9.97 Å². The van der Waals surface area contributed by atoms with Gasteiger partial charge in [0.15, 0.2) is 5.82 Å². The average molecular weight is 273 g/mol. The van der Waals surface area contributed by atoms with Crippen molar-refractivity contribution in [3.8, 4) is 17.1 Å². The Balaban J connectivity index is 2.15. The van der Waals surface area contributed by atoms with Crippen molar-refractivity contribution in [2.75, 3.05) is 12.8 Å². The molecule has 2 N–H and O–H groups in total. The number of methoxy groups -OCH3 is 1. The molecule has 0 spiro atoms. The van der Waals surface area contributed by atoms with Gasteiger partial charge >= 0.3 is 0 Å². The third kappa shape index (κ3) is 2.14. The molecule has 1 aliphatic heterocycles. The first-order chi connectivity index (χ1) is 9.19. The normalized spacial score (nSPS) is 13.4. The largest absolute Gasteiger partial charge is 0.496 e. The van der Waals surface area contributed by atoms with Crippen molar-refractivity contribution in [3.05, 3.63) is 35.0 Å². The molecule has 1 aromatic carbocycles. The highest BCUT2D eigenvalue weighted by atomic mass is 32.2. The first kappa shape index (κ1) is 12.3. The lowest BCUT2D eigenvalue weighted by Gasteiger charge is -2.10. The fourth-order valence-electron chi connectivity index (χ4n) is 2.18. The van der Waals surface area contributed by atoms with E-state index in [-0.39, 0.29) is 0 Å². The van der Waals surface area contributed by atoms with Gasteiger partial charge in [0, 0.05) is 17.1 Å². The van der Waals surface area contributed by atoms with Crippen LogP contribution in [0, 0.1) is 6.92 Å². The highest BCUT2D eigenvalue weighted by Crippen LogP contribution is 2.35. The van der Waals surface area contributed by atoms with Crippen LogP contribution in [-0.2, 0) is 11.5 Å². The van der Waals surface area contributed by atoms with E-state index in [1.165, 1.54) is 0 Å². The highest BCUT2D eigenvalue weighted by molar-refractivity contribution is 7.98. The van der Waals surface area contributed by atoms with E-state index in [1.807, 2.05) is 36.9 Å². The number of nitrogen functional groups attached to an aromatic ring is 1. The van der Waals surface area contributed by atoms with Gasteiger partial charge in [-0.05, 0) is 24.6 Å². The minimum atomic E-state index is 0.590. The van der Waals surface area contributed by atoms with Crippen LogP contribution in [0.15, 0.2) is 18.2 Å². The molecule has 0 radical (unpaired) electrons. The highest BCUT2D eigenvalue weighted by Gasteiger charge is 2.20. The summed E-state index contributed by atoms with van der Waals surface area (Å²) in [6.07, 6.45) is 0. The lowest BCUT2D eigenvalue weighted by atomic mass is 10.1. The summed E-state index contributed by atoms with van der Waals surface area (Å²) in [5.74, 6) is 3.84. The van der Waals surface area contributed by atoms with Crippen molar-refractivity contribution < 1.29 is 4.74 Å². The predicted molar refractivity (Wildman–Crippen MR) is 78.2 cm³/mol. The van der Waals surface area contributed by atoms with Crippen LogP contribution in [0.1, 0.15) is 16.8 Å². The van der Waals surface area contributed by atoms with Crippen molar-refractivity contribution >= 4 is 17.6 Å². The number of aromatic nitrogens is 2. The third-order valence-electron chi connectivity index (χ3n) is 3.21. The monoisotopic (exact) mass is 273 g/mol. The molecule has 3 rings (SSSR count). The Labute approximate surface area is 116 Å². The van der Waals surface area contributed by atoms with Gasteiger partial charge < -0.3 is 10.5 Å². The van der Waals surface area contributed by atoms with Crippen molar-refractivity contribution in [2.45, 2.75) is 18.4 Å². The predicted octanol–water partition coefficient (Wildman–Crippen LogP) is 2.79. The lowest BCUT2D eigenvalue weighted by molar-refractivity contribution is 0.416. The molecule has 0 amide bonds. The molecule has 19 heavy (non-hydrogen) atoms. The van der Waals surface area contributed by atoms with Crippen LogP contribution in [0.3, 0.4) is 0 Å². The summed E-state index contributed by atoms with van der Waals surface area (Å²) < 4.78 is 5.41. The molecule has 5 heteroatoms. The molecule has 2 heterocycles. The number of anilines is 1. The van der Waals surface area contributed by atoms with Crippen molar-refractivity contribution in [1.29, 1.82) is 0 Å². The summed E-state index contributed by atoms with van der Waals surface area (Å²) >= 11 is 1.82. The number of nitrogens with two attached hydrogens (primary N) is 1. The number of aryl methyl sites for hydroxylation is 1. The Hall–Kier alpha value is -1.75. The Morgan fingerprint density at radius 1 is 1.26 bits per heavy atom. The maximum absolute atomic E-state index is 6.03. The molecule has 98 valence electrons. The molecule has 0 fully saturated rings. The SMILES string of the molecule is COc1cc(C)ccc1-c1nc(N)c2c(n1)CSC2. The molecule has 0 unspecified atom stereocenters. The fraction of sp³-hybridized carbons (Fsp3) is 0.286. The minimum absolute atomic E-state index is 0.590. The summed E-state index contributed by atoms with van der Waals surface area (Å²) in [5, 5.41) is 0. The van der Waals surface area contributed by atoms with Gasteiger partial charge in [-0.1, -0.05) is 6.07 Å². The molecule has 0 bridgehead atoms. The molecule has 1 aromatic heterocycles. The van der Waals surface area contributed by atoms with E-state index in [0.29, 0.717) is 11.6 Å². The Kier molecular flexibility index (Phi) is 3.06. The van der Waals surface area contributed by atoms with E-state index in [9.17, 15) is 0 Å². The second kappa shape index (κ2) is 4.74. The van der Waals surface area contributed by atoms with E-state index >= 15 is 0 Å². The first-order valence-corrected chi connectivity index (χ1v) is 7.22. The number of fused-ring (bicyclic) bond motifs is 1. The van der Waals surface area contributed by atoms with Crippen LogP contribution in [0.2, 0.25) is 0 Å². The van der Waals surface area contributed by atoms with Gasteiger partial charge in [-0.3, -0.25) is 0 Å². The van der Waals surface area contributed by atoms with Gasteiger partial charge in [-0.15, -0.1) is 0 Å². The van der Waals surface area contributed by atoms with E-state index in [2.05, 4.69) is 9.97 Å². The molecule has 0 aliphatic carbocycles. The first-order valence-electron chi connectivity index (χ1n) is 6.07. The zero-order valence-electron chi connectivity index (χ0n) is 10.9. The second-order valence-electron chi connectivity index (χ2n) is 4.55. The summed E-state index contributed by atoms with van der Waals surface area (Å²) in [7, 11) is 1.66. The number of ether oxygens (including phenoxy) is 1. The number of nitrogens with zero attached hydrogens (tertiary/aromatic N) is 2. The topological polar surface area (TPSA) is 61.0 Å². The van der Waals surface area contributed by atoms with Crippen LogP contribution >= 0.6 is 11.8 Å².